The largest absolute Gasteiger partial charge is 0.385 e. The number of ether oxygens (including phenoxy) is 1. The minimum absolute atomic E-state index is 0.856. The lowest BCUT2D eigenvalue weighted by Gasteiger charge is -2.02. The van der Waals surface area contributed by atoms with E-state index in [2.05, 4.69) is 10.4 Å². The first-order chi connectivity index (χ1) is 6.83. The van der Waals surface area contributed by atoms with Gasteiger partial charge in [0.25, 0.3) is 0 Å². The Labute approximate surface area is 85.3 Å². The Kier molecular flexibility index (Phi) is 5.25. The molecule has 0 bridgehead atoms. The molecule has 80 valence electrons. The third kappa shape index (κ3) is 4.39. The Bertz CT molecular complexity index is 247. The molecule has 0 aliphatic rings. The van der Waals surface area contributed by atoms with E-state index in [1.165, 1.54) is 5.56 Å². The number of aromatic nitrogens is 2. The van der Waals surface area contributed by atoms with Crippen molar-refractivity contribution in [3.8, 4) is 0 Å². The van der Waals surface area contributed by atoms with Crippen LogP contribution in [0.4, 0.5) is 0 Å². The van der Waals surface area contributed by atoms with Gasteiger partial charge in [0.1, 0.15) is 0 Å². The molecule has 1 N–H and O–H groups in total. The van der Waals surface area contributed by atoms with Gasteiger partial charge in [-0.1, -0.05) is 0 Å². The summed E-state index contributed by atoms with van der Waals surface area (Å²) < 4.78 is 6.79. The summed E-state index contributed by atoms with van der Waals surface area (Å²) in [4.78, 5) is 0. The number of rotatable bonds is 7. The molecule has 0 aliphatic carbocycles. The van der Waals surface area contributed by atoms with Crippen LogP contribution in [0.5, 0.6) is 0 Å². The molecule has 0 spiro atoms. The number of hydrogen-bond acceptors (Lipinski definition) is 3. The minimum atomic E-state index is 0.856. The molecular weight excluding hydrogens is 178 g/mol. The van der Waals surface area contributed by atoms with Gasteiger partial charge < -0.3 is 10.1 Å². The lowest BCUT2D eigenvalue weighted by molar-refractivity contribution is 0.192. The van der Waals surface area contributed by atoms with Crippen LogP contribution in [0.3, 0.4) is 0 Å². The van der Waals surface area contributed by atoms with Gasteiger partial charge in [0, 0.05) is 39.1 Å². The zero-order chi connectivity index (χ0) is 10.2. The maximum Gasteiger partial charge on any atom is 0.0534 e. The zero-order valence-electron chi connectivity index (χ0n) is 8.99. The maximum absolute atomic E-state index is 4.97. The van der Waals surface area contributed by atoms with Crippen LogP contribution in [-0.2, 0) is 18.3 Å². The van der Waals surface area contributed by atoms with E-state index in [0.717, 1.165) is 32.5 Å². The van der Waals surface area contributed by atoms with E-state index in [1.807, 2.05) is 24.1 Å². The SMILES string of the molecule is COCCCCNCc1cnn(C)c1. The fourth-order valence-electron chi connectivity index (χ4n) is 1.29. The van der Waals surface area contributed by atoms with Crippen LogP contribution in [0, 0.1) is 0 Å². The fourth-order valence-corrected chi connectivity index (χ4v) is 1.29. The zero-order valence-corrected chi connectivity index (χ0v) is 8.99. The van der Waals surface area contributed by atoms with Gasteiger partial charge >= 0.3 is 0 Å². The molecule has 0 fully saturated rings. The van der Waals surface area contributed by atoms with Crippen molar-refractivity contribution in [2.24, 2.45) is 7.05 Å². The molecule has 0 amide bonds. The van der Waals surface area contributed by atoms with Gasteiger partial charge in [-0.05, 0) is 19.4 Å². The highest BCUT2D eigenvalue weighted by Gasteiger charge is 1.94. The molecule has 1 heterocycles. The molecule has 1 aromatic rings. The second kappa shape index (κ2) is 6.56. The molecule has 0 atom stereocenters. The molecule has 0 radical (unpaired) electrons. The first-order valence-electron chi connectivity index (χ1n) is 5.00. The molecule has 14 heavy (non-hydrogen) atoms. The molecule has 0 unspecified atom stereocenters. The number of aryl methyl sites for hydroxylation is 1. The van der Waals surface area contributed by atoms with Crippen LogP contribution in [0.2, 0.25) is 0 Å². The highest BCUT2D eigenvalue weighted by atomic mass is 16.5. The predicted molar refractivity (Wildman–Crippen MR) is 56.0 cm³/mol. The lowest BCUT2D eigenvalue weighted by Crippen LogP contribution is -2.14. The molecule has 4 nitrogen and oxygen atoms in total. The summed E-state index contributed by atoms with van der Waals surface area (Å²) in [6, 6.07) is 0. The second-order valence-electron chi connectivity index (χ2n) is 3.40. The third-order valence-electron chi connectivity index (χ3n) is 2.04. The topological polar surface area (TPSA) is 39.1 Å². The van der Waals surface area contributed by atoms with E-state index in [1.54, 1.807) is 7.11 Å². The summed E-state index contributed by atoms with van der Waals surface area (Å²) >= 11 is 0. The van der Waals surface area contributed by atoms with E-state index < -0.39 is 0 Å². The number of unbranched alkanes of at least 4 members (excludes halogenated alkanes) is 1. The van der Waals surface area contributed by atoms with E-state index >= 15 is 0 Å². The molecule has 0 aliphatic heterocycles. The number of hydrogen-bond donors (Lipinski definition) is 1. The molecule has 1 rings (SSSR count). The van der Waals surface area contributed by atoms with Crippen LogP contribution >= 0.6 is 0 Å². The first-order valence-corrected chi connectivity index (χ1v) is 5.00. The van der Waals surface area contributed by atoms with Crippen LogP contribution in [0.25, 0.3) is 0 Å². The van der Waals surface area contributed by atoms with Crippen molar-refractivity contribution < 1.29 is 4.74 Å². The molecule has 4 heteroatoms. The minimum Gasteiger partial charge on any atom is -0.385 e. The van der Waals surface area contributed by atoms with Gasteiger partial charge in [0.05, 0.1) is 6.20 Å². The van der Waals surface area contributed by atoms with E-state index in [9.17, 15) is 0 Å². The Morgan fingerprint density at radius 3 is 3.00 bits per heavy atom. The molecule has 0 saturated carbocycles. The fraction of sp³-hybridized carbons (Fsp3) is 0.700. The van der Waals surface area contributed by atoms with Gasteiger partial charge in [0.15, 0.2) is 0 Å². The molecule has 0 aromatic carbocycles. The third-order valence-corrected chi connectivity index (χ3v) is 2.04. The van der Waals surface area contributed by atoms with Crippen LogP contribution < -0.4 is 5.32 Å². The average Bonchev–Trinajstić information content (AvgIpc) is 2.58. The number of methoxy groups -OCH3 is 1. The normalized spacial score (nSPS) is 10.7. The summed E-state index contributed by atoms with van der Waals surface area (Å²) in [7, 11) is 3.67. The Hall–Kier alpha value is -0.870. The molecular formula is C10H19N3O. The quantitative estimate of drug-likeness (QED) is 0.661. The number of nitrogens with one attached hydrogen (secondary N) is 1. The standard InChI is InChI=1S/C10H19N3O/c1-13-9-10(8-12-13)7-11-5-3-4-6-14-2/h8-9,11H,3-7H2,1-2H3. The maximum atomic E-state index is 4.97. The smallest absolute Gasteiger partial charge is 0.0534 e. The van der Waals surface area contributed by atoms with E-state index in [0.29, 0.717) is 0 Å². The van der Waals surface area contributed by atoms with Crippen molar-refractivity contribution in [2.75, 3.05) is 20.3 Å². The Morgan fingerprint density at radius 1 is 1.50 bits per heavy atom. The van der Waals surface area contributed by atoms with Crippen molar-refractivity contribution in [3.63, 3.8) is 0 Å². The summed E-state index contributed by atoms with van der Waals surface area (Å²) in [6.45, 7) is 2.80. The van der Waals surface area contributed by atoms with Crippen molar-refractivity contribution in [1.29, 1.82) is 0 Å². The van der Waals surface area contributed by atoms with Gasteiger partial charge in [-0.3, -0.25) is 4.68 Å². The van der Waals surface area contributed by atoms with Crippen molar-refractivity contribution in [2.45, 2.75) is 19.4 Å². The van der Waals surface area contributed by atoms with Gasteiger partial charge in [-0.2, -0.15) is 5.10 Å². The highest BCUT2D eigenvalue weighted by Crippen LogP contribution is 1.95. The second-order valence-corrected chi connectivity index (χ2v) is 3.40. The summed E-state index contributed by atoms with van der Waals surface area (Å²) in [5.74, 6) is 0. The van der Waals surface area contributed by atoms with E-state index in [-0.39, 0.29) is 0 Å². The average molecular weight is 197 g/mol. The highest BCUT2D eigenvalue weighted by molar-refractivity contribution is 5.02. The van der Waals surface area contributed by atoms with E-state index in [4.69, 9.17) is 4.74 Å². The van der Waals surface area contributed by atoms with Crippen LogP contribution in [-0.4, -0.2) is 30.0 Å². The summed E-state index contributed by atoms with van der Waals surface area (Å²) in [6.07, 6.45) is 6.20. The van der Waals surface area contributed by atoms with Crippen LogP contribution in [0.15, 0.2) is 12.4 Å². The molecule has 1 aromatic heterocycles. The van der Waals surface area contributed by atoms with Crippen molar-refractivity contribution >= 4 is 0 Å². The molecule has 0 saturated heterocycles. The Morgan fingerprint density at radius 2 is 2.36 bits per heavy atom. The number of nitrogens with zero attached hydrogens (tertiary/aromatic N) is 2. The van der Waals surface area contributed by atoms with Crippen LogP contribution in [0.1, 0.15) is 18.4 Å². The monoisotopic (exact) mass is 197 g/mol. The first kappa shape index (κ1) is 11.2. The van der Waals surface area contributed by atoms with Crippen molar-refractivity contribution in [1.82, 2.24) is 15.1 Å². The summed E-state index contributed by atoms with van der Waals surface area (Å²) in [5, 5.41) is 7.47. The van der Waals surface area contributed by atoms with Gasteiger partial charge in [-0.15, -0.1) is 0 Å². The predicted octanol–water partition coefficient (Wildman–Crippen LogP) is 0.936. The Balaban J connectivity index is 1.99. The lowest BCUT2D eigenvalue weighted by atomic mass is 10.3. The van der Waals surface area contributed by atoms with Gasteiger partial charge in [0.2, 0.25) is 0 Å². The van der Waals surface area contributed by atoms with Gasteiger partial charge in [-0.25, -0.2) is 0 Å². The van der Waals surface area contributed by atoms with Crippen molar-refractivity contribution in [3.05, 3.63) is 18.0 Å². The summed E-state index contributed by atoms with van der Waals surface area (Å²) in [5.41, 5.74) is 1.24.